The number of fused-ring (bicyclic) bond motifs is 2. The summed E-state index contributed by atoms with van der Waals surface area (Å²) in [4.78, 5) is 4.88. The third kappa shape index (κ3) is 8.45. The number of nitrogens with zero attached hydrogens (tertiary/aromatic N) is 3. The van der Waals surface area contributed by atoms with Gasteiger partial charge in [-0.05, 0) is 110 Å². The van der Waals surface area contributed by atoms with Gasteiger partial charge < -0.3 is 19.3 Å². The van der Waals surface area contributed by atoms with Crippen molar-refractivity contribution in [3.05, 3.63) is 163 Å². The predicted molar refractivity (Wildman–Crippen MR) is 248 cm³/mol. The summed E-state index contributed by atoms with van der Waals surface area (Å²) in [6.07, 6.45) is 12.9. The Hall–Kier alpha value is -3.81. The molecule has 2 aliphatic heterocycles. The summed E-state index contributed by atoms with van der Waals surface area (Å²) in [7, 11) is 3.52. The summed E-state index contributed by atoms with van der Waals surface area (Å²) < 4.78 is 13.3. The van der Waals surface area contributed by atoms with Crippen molar-refractivity contribution >= 4 is 74.9 Å². The van der Waals surface area contributed by atoms with E-state index in [1.807, 2.05) is 36.4 Å². The van der Waals surface area contributed by atoms with Crippen molar-refractivity contribution in [3.8, 4) is 0 Å². The Morgan fingerprint density at radius 3 is 1.31 bits per heavy atom. The van der Waals surface area contributed by atoms with Crippen LogP contribution in [0.25, 0.3) is 0 Å². The first-order chi connectivity index (χ1) is 27.8. The van der Waals surface area contributed by atoms with E-state index in [1.165, 1.54) is 45.0 Å². The van der Waals surface area contributed by atoms with Crippen molar-refractivity contribution in [3.63, 3.8) is 0 Å². The first-order valence-corrected chi connectivity index (χ1v) is 21.5. The summed E-state index contributed by atoms with van der Waals surface area (Å²) in [6.45, 7) is 12.2. The number of hydrogen-bond acceptors (Lipinski definition) is 4. The minimum atomic E-state index is -0.267. The molecule has 0 N–H and O–H groups in total. The largest absolute Gasteiger partial charge is 0.385 e. The minimum absolute atomic E-state index is 0.267. The molecule has 0 radical (unpaired) electrons. The van der Waals surface area contributed by atoms with E-state index >= 15 is 0 Å². The molecule has 0 amide bonds. The Morgan fingerprint density at radius 1 is 0.552 bits per heavy atom. The highest BCUT2D eigenvalue weighted by molar-refractivity contribution is 6.31. The normalized spacial score (nSPS) is 19.6. The van der Waals surface area contributed by atoms with Crippen LogP contribution in [-0.2, 0) is 20.3 Å². The van der Waals surface area contributed by atoms with Crippen LogP contribution < -0.4 is 14.4 Å². The SMILES string of the molecule is COCCCN1C(=CC=C2CC/C(=C\C=C3\N(CCCOC)c4ccc(Cl)cc4C3(C)C)C2=[N+](c2ccc(Cl)cc2)c2ccc(Cl)cc2)C(C)(C)c2cc(Cl)ccc21. The van der Waals surface area contributed by atoms with E-state index in [1.54, 1.807) is 14.2 Å². The Bertz CT molecular complexity index is 2160. The molecular formula is C49H52Cl4N3O2+. The molecule has 0 bridgehead atoms. The summed E-state index contributed by atoms with van der Waals surface area (Å²) in [5, 5.41) is 2.86. The number of ether oxygens (including phenoxy) is 2. The van der Waals surface area contributed by atoms with Crippen molar-refractivity contribution in [2.45, 2.75) is 64.2 Å². The number of benzene rings is 4. The van der Waals surface area contributed by atoms with E-state index in [2.05, 4.69) is 115 Å². The molecule has 0 aromatic heterocycles. The fourth-order valence-corrected chi connectivity index (χ4v) is 9.38. The van der Waals surface area contributed by atoms with E-state index in [0.29, 0.717) is 23.3 Å². The van der Waals surface area contributed by atoms with E-state index in [-0.39, 0.29) is 10.8 Å². The monoisotopic (exact) mass is 854 g/mol. The van der Waals surface area contributed by atoms with Crippen LogP contribution in [0.2, 0.25) is 20.1 Å². The summed E-state index contributed by atoms with van der Waals surface area (Å²) >= 11 is 26.2. The summed E-state index contributed by atoms with van der Waals surface area (Å²) in [5.74, 6) is 0. The van der Waals surface area contributed by atoms with Crippen LogP contribution in [-0.4, -0.2) is 46.2 Å². The van der Waals surface area contributed by atoms with Crippen molar-refractivity contribution < 1.29 is 9.47 Å². The lowest BCUT2D eigenvalue weighted by Crippen LogP contribution is -2.27. The van der Waals surface area contributed by atoms with Gasteiger partial charge in [-0.2, -0.15) is 4.58 Å². The first-order valence-electron chi connectivity index (χ1n) is 20.0. The van der Waals surface area contributed by atoms with Gasteiger partial charge in [0.1, 0.15) is 0 Å². The van der Waals surface area contributed by atoms with Crippen LogP contribution in [0, 0.1) is 0 Å². The quantitative estimate of drug-likeness (QED) is 0.105. The molecular weight excluding hydrogens is 804 g/mol. The summed E-state index contributed by atoms with van der Waals surface area (Å²) in [6, 6.07) is 28.7. The van der Waals surface area contributed by atoms with Gasteiger partial charge in [0.05, 0.1) is 0 Å². The number of hydrogen-bond donors (Lipinski definition) is 0. The lowest BCUT2D eigenvalue weighted by molar-refractivity contribution is 0.196. The minimum Gasteiger partial charge on any atom is -0.385 e. The Balaban J connectivity index is 1.43. The number of anilines is 2. The van der Waals surface area contributed by atoms with Crippen molar-refractivity contribution in [1.29, 1.82) is 0 Å². The molecule has 1 aliphatic carbocycles. The lowest BCUT2D eigenvalue weighted by Gasteiger charge is -2.27. The van der Waals surface area contributed by atoms with E-state index in [9.17, 15) is 0 Å². The van der Waals surface area contributed by atoms with Crippen LogP contribution >= 0.6 is 46.4 Å². The van der Waals surface area contributed by atoms with Gasteiger partial charge >= 0.3 is 0 Å². The highest BCUT2D eigenvalue weighted by Crippen LogP contribution is 2.50. The number of halogens is 4. The maximum absolute atomic E-state index is 6.61. The molecule has 3 aliphatic rings. The highest BCUT2D eigenvalue weighted by atomic mass is 35.5. The van der Waals surface area contributed by atoms with Gasteiger partial charge in [0, 0.05) is 130 Å². The fourth-order valence-electron chi connectivity index (χ4n) is 8.78. The molecule has 9 heteroatoms. The zero-order valence-electron chi connectivity index (χ0n) is 34.2. The topological polar surface area (TPSA) is 28.0 Å². The standard InChI is InChI=1S/C49H52Cl4N3O2/c1-48(2)41-31-37(52)17-23-43(41)54(27-7-29-57-5)45(48)25-11-33-9-10-34(47(33)56(39-19-13-35(50)14-20-39)40-21-15-36(51)16-22-40)12-26-46-49(3,4)42-32-38(53)18-24-44(42)55(46)28-8-30-58-6/h11-26,31-32H,7-10,27-30H2,1-6H3/q+1. The molecule has 4 aromatic rings. The number of methoxy groups -OCH3 is 2. The second-order valence-electron chi connectivity index (χ2n) is 16.2. The molecule has 0 atom stereocenters. The van der Waals surface area contributed by atoms with Gasteiger partial charge in [0.25, 0.3) is 0 Å². The van der Waals surface area contributed by atoms with Crippen LogP contribution in [0.4, 0.5) is 22.7 Å². The molecule has 4 aromatic carbocycles. The van der Waals surface area contributed by atoms with Crippen molar-refractivity contribution in [2.24, 2.45) is 0 Å². The lowest BCUT2D eigenvalue weighted by atomic mass is 9.83. The van der Waals surface area contributed by atoms with Gasteiger partial charge in [-0.1, -0.05) is 86.3 Å². The third-order valence-corrected chi connectivity index (χ3v) is 12.7. The predicted octanol–water partition coefficient (Wildman–Crippen LogP) is 13.7. The zero-order valence-corrected chi connectivity index (χ0v) is 37.2. The highest BCUT2D eigenvalue weighted by Gasteiger charge is 2.42. The molecule has 302 valence electrons. The van der Waals surface area contributed by atoms with Gasteiger partial charge in [0.15, 0.2) is 0 Å². The third-order valence-electron chi connectivity index (χ3n) is 11.7. The molecule has 0 saturated heterocycles. The molecule has 1 fully saturated rings. The van der Waals surface area contributed by atoms with Gasteiger partial charge in [-0.15, -0.1) is 0 Å². The Labute approximate surface area is 364 Å². The van der Waals surface area contributed by atoms with Gasteiger partial charge in [-0.3, -0.25) is 0 Å². The molecule has 58 heavy (non-hydrogen) atoms. The summed E-state index contributed by atoms with van der Waals surface area (Å²) in [5.41, 5.74) is 12.4. The van der Waals surface area contributed by atoms with Crippen molar-refractivity contribution in [1.82, 2.24) is 4.58 Å². The molecule has 5 nitrogen and oxygen atoms in total. The molecule has 1 saturated carbocycles. The van der Waals surface area contributed by atoms with Crippen LogP contribution in [0.15, 0.2) is 132 Å². The Kier molecular flexibility index (Phi) is 13.0. The number of rotatable bonds is 12. The van der Waals surface area contributed by atoms with Crippen LogP contribution in [0.5, 0.6) is 0 Å². The molecule has 7 rings (SSSR count). The average Bonchev–Trinajstić information content (AvgIpc) is 3.75. The maximum atomic E-state index is 6.61. The van der Waals surface area contributed by atoms with Gasteiger partial charge in [-0.25, -0.2) is 0 Å². The number of allylic oxidation sites excluding steroid dienone is 8. The second-order valence-corrected chi connectivity index (χ2v) is 17.9. The Morgan fingerprint density at radius 2 is 0.931 bits per heavy atom. The van der Waals surface area contributed by atoms with Gasteiger partial charge in [0.2, 0.25) is 17.1 Å². The van der Waals surface area contributed by atoms with E-state index < -0.39 is 0 Å². The first kappa shape index (κ1) is 42.3. The molecule has 0 unspecified atom stereocenters. The van der Waals surface area contributed by atoms with E-state index in [0.717, 1.165) is 65.9 Å². The average molecular weight is 857 g/mol. The fraction of sp³-hybridized carbons (Fsp3) is 0.327. The smallest absolute Gasteiger partial charge is 0.218 e. The van der Waals surface area contributed by atoms with Crippen molar-refractivity contribution in [2.75, 3.05) is 50.3 Å². The van der Waals surface area contributed by atoms with Crippen LogP contribution in [0.3, 0.4) is 0 Å². The molecule has 2 heterocycles. The van der Waals surface area contributed by atoms with Crippen LogP contribution in [0.1, 0.15) is 64.5 Å². The second kappa shape index (κ2) is 17.8. The molecule has 0 spiro atoms. The maximum Gasteiger partial charge on any atom is 0.218 e. The zero-order chi connectivity index (χ0) is 41.2. The van der Waals surface area contributed by atoms with E-state index in [4.69, 9.17) is 55.9 Å².